The van der Waals surface area contributed by atoms with Gasteiger partial charge in [-0.15, -0.1) is 0 Å². The van der Waals surface area contributed by atoms with E-state index >= 15 is 0 Å². The molecule has 21 heavy (non-hydrogen) atoms. The summed E-state index contributed by atoms with van der Waals surface area (Å²) in [6, 6.07) is 6.46. The van der Waals surface area contributed by atoms with Gasteiger partial charge in [0.2, 0.25) is 0 Å². The monoisotopic (exact) mass is 288 g/mol. The number of nitrogens with zero attached hydrogens (tertiary/aromatic N) is 3. The minimum Gasteiger partial charge on any atom is -0.395 e. The summed E-state index contributed by atoms with van der Waals surface area (Å²) < 4.78 is 2.06. The minimum absolute atomic E-state index is 0.147. The van der Waals surface area contributed by atoms with Crippen LogP contribution in [0.25, 0.3) is 5.65 Å². The van der Waals surface area contributed by atoms with Crippen molar-refractivity contribution in [1.82, 2.24) is 9.38 Å². The second-order valence-corrected chi connectivity index (χ2v) is 5.72. The largest absolute Gasteiger partial charge is 0.395 e. The van der Waals surface area contributed by atoms with Gasteiger partial charge < -0.3 is 20.1 Å². The normalized spacial score (nSPS) is 16.5. The first-order valence-electron chi connectivity index (χ1n) is 7.88. The molecule has 1 aliphatic carbocycles. The fourth-order valence-corrected chi connectivity index (χ4v) is 3.42. The number of rotatable bonds is 5. The Bertz CT molecular complexity index is 589. The van der Waals surface area contributed by atoms with Gasteiger partial charge in [0.1, 0.15) is 5.65 Å². The maximum atomic E-state index is 9.46. The zero-order valence-electron chi connectivity index (χ0n) is 12.4. The highest BCUT2D eigenvalue weighted by molar-refractivity contribution is 5.56. The maximum absolute atomic E-state index is 9.46. The molecule has 0 aromatic carbocycles. The molecule has 2 aromatic heterocycles. The number of anilines is 1. The first kappa shape index (κ1) is 14.4. The first-order chi connectivity index (χ1) is 10.3. The summed E-state index contributed by atoms with van der Waals surface area (Å²) in [6.45, 7) is 1.23. The van der Waals surface area contributed by atoms with Gasteiger partial charge in [-0.3, -0.25) is 0 Å². The molecule has 1 saturated carbocycles. The Morgan fingerprint density at radius 3 is 2.81 bits per heavy atom. The Balaban J connectivity index is 2.01. The SMILES string of the molecule is NCc1c(N(CCO)C2CCCCC2)nc2ccccn12. The van der Waals surface area contributed by atoms with Gasteiger partial charge in [-0.2, -0.15) is 0 Å². The van der Waals surface area contributed by atoms with Crippen LogP contribution in [0.4, 0.5) is 5.82 Å². The van der Waals surface area contributed by atoms with Gasteiger partial charge in [0.05, 0.1) is 12.3 Å². The van der Waals surface area contributed by atoms with E-state index in [9.17, 15) is 5.11 Å². The van der Waals surface area contributed by atoms with Gasteiger partial charge in [-0.1, -0.05) is 25.3 Å². The molecule has 0 unspecified atom stereocenters. The fraction of sp³-hybridized carbons (Fsp3) is 0.562. The van der Waals surface area contributed by atoms with Gasteiger partial charge in [0, 0.05) is 25.3 Å². The molecule has 2 aromatic rings. The molecule has 0 bridgehead atoms. The average molecular weight is 288 g/mol. The number of fused-ring (bicyclic) bond motifs is 1. The van der Waals surface area contributed by atoms with Gasteiger partial charge >= 0.3 is 0 Å². The molecule has 1 fully saturated rings. The number of aromatic nitrogens is 2. The average Bonchev–Trinajstić information content (AvgIpc) is 2.91. The number of aliphatic hydroxyl groups excluding tert-OH is 1. The molecule has 5 nitrogen and oxygen atoms in total. The van der Waals surface area contributed by atoms with Crippen molar-refractivity contribution in [1.29, 1.82) is 0 Å². The molecule has 0 atom stereocenters. The number of hydrogen-bond acceptors (Lipinski definition) is 4. The van der Waals surface area contributed by atoms with E-state index in [-0.39, 0.29) is 6.61 Å². The topological polar surface area (TPSA) is 66.8 Å². The van der Waals surface area contributed by atoms with Crippen LogP contribution in [-0.2, 0) is 6.54 Å². The first-order valence-corrected chi connectivity index (χ1v) is 7.88. The minimum atomic E-state index is 0.147. The lowest BCUT2D eigenvalue weighted by atomic mass is 9.94. The van der Waals surface area contributed by atoms with Crippen LogP contribution in [0.15, 0.2) is 24.4 Å². The zero-order valence-corrected chi connectivity index (χ0v) is 12.4. The van der Waals surface area contributed by atoms with Crippen LogP contribution in [0, 0.1) is 0 Å². The predicted octanol–water partition coefficient (Wildman–Crippen LogP) is 1.92. The van der Waals surface area contributed by atoms with Crippen molar-refractivity contribution in [2.45, 2.75) is 44.7 Å². The molecule has 0 spiro atoms. The van der Waals surface area contributed by atoms with Gasteiger partial charge in [0.25, 0.3) is 0 Å². The van der Waals surface area contributed by atoms with Crippen molar-refractivity contribution in [2.24, 2.45) is 5.73 Å². The third-order valence-corrected chi connectivity index (χ3v) is 4.43. The summed E-state index contributed by atoms with van der Waals surface area (Å²) in [6.07, 6.45) is 8.20. The highest BCUT2D eigenvalue weighted by Crippen LogP contribution is 2.29. The predicted molar refractivity (Wildman–Crippen MR) is 84.4 cm³/mol. The van der Waals surface area contributed by atoms with Crippen molar-refractivity contribution in [3.05, 3.63) is 30.1 Å². The maximum Gasteiger partial charge on any atom is 0.152 e. The fourth-order valence-electron chi connectivity index (χ4n) is 3.42. The number of nitrogens with two attached hydrogens (primary N) is 1. The van der Waals surface area contributed by atoms with Gasteiger partial charge in [0.15, 0.2) is 5.82 Å². The van der Waals surface area contributed by atoms with Crippen LogP contribution in [0.5, 0.6) is 0 Å². The lowest BCUT2D eigenvalue weighted by Crippen LogP contribution is -2.39. The van der Waals surface area contributed by atoms with Crippen LogP contribution >= 0.6 is 0 Å². The standard InChI is InChI=1S/C16H24N4O/c17-12-14-16(18-15-8-4-5-9-20(14)15)19(10-11-21)13-6-2-1-3-7-13/h4-5,8-9,13,21H,1-3,6-7,10-12,17H2. The summed E-state index contributed by atoms with van der Waals surface area (Å²) in [7, 11) is 0. The van der Waals surface area contributed by atoms with Crippen LogP contribution in [0.1, 0.15) is 37.8 Å². The quantitative estimate of drug-likeness (QED) is 0.882. The van der Waals surface area contributed by atoms with E-state index < -0.39 is 0 Å². The zero-order chi connectivity index (χ0) is 14.7. The summed E-state index contributed by atoms with van der Waals surface area (Å²) in [5, 5.41) is 9.46. The van der Waals surface area contributed by atoms with Gasteiger partial charge in [-0.25, -0.2) is 4.98 Å². The van der Waals surface area contributed by atoms with E-state index in [0.717, 1.165) is 17.2 Å². The van der Waals surface area contributed by atoms with Crippen LogP contribution in [-0.4, -0.2) is 33.7 Å². The number of imidazole rings is 1. The Labute approximate surface area is 125 Å². The van der Waals surface area contributed by atoms with Crippen LogP contribution in [0.2, 0.25) is 0 Å². The molecule has 2 heterocycles. The third kappa shape index (κ3) is 2.76. The molecular weight excluding hydrogens is 264 g/mol. The molecule has 114 valence electrons. The summed E-state index contributed by atoms with van der Waals surface area (Å²) in [5.74, 6) is 0.949. The van der Waals surface area contributed by atoms with Crippen LogP contribution < -0.4 is 10.6 Å². The highest BCUT2D eigenvalue weighted by Gasteiger charge is 2.25. The highest BCUT2D eigenvalue weighted by atomic mass is 16.3. The Kier molecular flexibility index (Phi) is 4.41. The Morgan fingerprint density at radius 2 is 2.10 bits per heavy atom. The van der Waals surface area contributed by atoms with E-state index in [4.69, 9.17) is 10.7 Å². The van der Waals surface area contributed by atoms with Crippen molar-refractivity contribution >= 4 is 11.5 Å². The van der Waals surface area contributed by atoms with E-state index in [0.29, 0.717) is 19.1 Å². The lowest BCUT2D eigenvalue weighted by molar-refractivity contribution is 0.289. The van der Waals surface area contributed by atoms with Crippen LogP contribution in [0.3, 0.4) is 0 Å². The molecule has 3 N–H and O–H groups in total. The number of hydrogen-bond donors (Lipinski definition) is 2. The van der Waals surface area contributed by atoms with Crippen molar-refractivity contribution in [3.8, 4) is 0 Å². The Hall–Kier alpha value is -1.59. The van der Waals surface area contributed by atoms with Crippen molar-refractivity contribution in [3.63, 3.8) is 0 Å². The molecule has 1 aliphatic rings. The summed E-state index contributed by atoms with van der Waals surface area (Å²) in [4.78, 5) is 7.05. The smallest absolute Gasteiger partial charge is 0.152 e. The van der Waals surface area contributed by atoms with E-state index in [2.05, 4.69) is 9.30 Å². The molecule has 0 aliphatic heterocycles. The molecule has 0 amide bonds. The number of aliphatic hydroxyl groups is 1. The van der Waals surface area contributed by atoms with Crippen molar-refractivity contribution in [2.75, 3.05) is 18.1 Å². The number of pyridine rings is 1. The molecule has 0 radical (unpaired) electrons. The molecule has 0 saturated heterocycles. The second-order valence-electron chi connectivity index (χ2n) is 5.72. The summed E-state index contributed by atoms with van der Waals surface area (Å²) in [5.41, 5.74) is 7.93. The Morgan fingerprint density at radius 1 is 1.29 bits per heavy atom. The van der Waals surface area contributed by atoms with E-state index in [1.165, 1.54) is 32.1 Å². The van der Waals surface area contributed by atoms with E-state index in [1.54, 1.807) is 0 Å². The molecular formula is C16H24N4O. The van der Waals surface area contributed by atoms with Gasteiger partial charge in [-0.05, 0) is 25.0 Å². The van der Waals surface area contributed by atoms with Crippen molar-refractivity contribution < 1.29 is 5.11 Å². The molecule has 5 heteroatoms. The third-order valence-electron chi connectivity index (χ3n) is 4.43. The lowest BCUT2D eigenvalue weighted by Gasteiger charge is -2.34. The summed E-state index contributed by atoms with van der Waals surface area (Å²) >= 11 is 0. The van der Waals surface area contributed by atoms with E-state index in [1.807, 2.05) is 24.4 Å². The second kappa shape index (κ2) is 6.45. The molecule has 3 rings (SSSR count).